The molecule has 0 fully saturated rings. The number of aliphatic carboxylic acids is 1. The zero-order valence-corrected chi connectivity index (χ0v) is 15.4. The van der Waals surface area contributed by atoms with Crippen LogP contribution in [0.2, 0.25) is 0 Å². The molecule has 0 aliphatic carbocycles. The second-order valence-electron chi connectivity index (χ2n) is 4.83. The van der Waals surface area contributed by atoms with Crippen molar-refractivity contribution in [3.63, 3.8) is 0 Å². The van der Waals surface area contributed by atoms with Crippen LogP contribution in [-0.4, -0.2) is 44.8 Å². The number of hydrogen-bond acceptors (Lipinski definition) is 5. The molecular formula is C14H19BrN2O6S. The van der Waals surface area contributed by atoms with Crippen LogP contribution in [0.1, 0.15) is 19.8 Å². The zero-order valence-electron chi connectivity index (χ0n) is 13.0. The highest BCUT2D eigenvalue weighted by atomic mass is 79.9. The van der Waals surface area contributed by atoms with Crippen LogP contribution in [0, 0.1) is 0 Å². The van der Waals surface area contributed by atoms with E-state index < -0.39 is 34.7 Å². The Morgan fingerprint density at radius 2 is 1.92 bits per heavy atom. The van der Waals surface area contributed by atoms with Gasteiger partial charge < -0.3 is 15.2 Å². The van der Waals surface area contributed by atoms with Crippen molar-refractivity contribution in [3.8, 4) is 0 Å². The molecule has 1 unspecified atom stereocenters. The number of nitrogens with one attached hydrogen (secondary N) is 2. The number of halogens is 1. The predicted molar refractivity (Wildman–Crippen MR) is 90.1 cm³/mol. The van der Waals surface area contributed by atoms with E-state index in [0.29, 0.717) is 10.9 Å². The van der Waals surface area contributed by atoms with Gasteiger partial charge in [-0.15, -0.1) is 0 Å². The fourth-order valence-electron chi connectivity index (χ4n) is 1.58. The third kappa shape index (κ3) is 6.85. The van der Waals surface area contributed by atoms with Crippen molar-refractivity contribution in [2.24, 2.45) is 0 Å². The minimum atomic E-state index is -3.89. The first-order valence-electron chi connectivity index (χ1n) is 7.17. The van der Waals surface area contributed by atoms with Gasteiger partial charge in [-0.3, -0.25) is 0 Å². The Hall–Kier alpha value is -1.65. The van der Waals surface area contributed by atoms with Gasteiger partial charge in [-0.1, -0.05) is 29.3 Å². The minimum absolute atomic E-state index is 0.0136. The van der Waals surface area contributed by atoms with Crippen molar-refractivity contribution in [3.05, 3.63) is 28.7 Å². The van der Waals surface area contributed by atoms with E-state index >= 15 is 0 Å². The monoisotopic (exact) mass is 422 g/mol. The van der Waals surface area contributed by atoms with Crippen LogP contribution >= 0.6 is 15.9 Å². The second-order valence-corrected chi connectivity index (χ2v) is 7.51. The summed E-state index contributed by atoms with van der Waals surface area (Å²) in [5, 5.41) is 11.2. The number of unbranched alkanes of at least 4 members (excludes halogenated alkanes) is 1. The van der Waals surface area contributed by atoms with Gasteiger partial charge in [-0.25, -0.2) is 22.7 Å². The van der Waals surface area contributed by atoms with Gasteiger partial charge in [0.2, 0.25) is 10.0 Å². The van der Waals surface area contributed by atoms with Crippen LogP contribution in [0.15, 0.2) is 33.6 Å². The van der Waals surface area contributed by atoms with E-state index in [2.05, 4.69) is 26.0 Å². The molecule has 0 aliphatic rings. The Kier molecular flexibility index (Phi) is 8.16. The first-order chi connectivity index (χ1) is 11.3. The molecule has 1 rings (SSSR count). The Morgan fingerprint density at radius 1 is 1.29 bits per heavy atom. The van der Waals surface area contributed by atoms with E-state index in [9.17, 15) is 18.0 Å². The average molecular weight is 423 g/mol. The maximum Gasteiger partial charge on any atom is 0.407 e. The van der Waals surface area contributed by atoms with Crippen molar-refractivity contribution < 1.29 is 27.9 Å². The van der Waals surface area contributed by atoms with E-state index in [1.54, 1.807) is 12.1 Å². The summed E-state index contributed by atoms with van der Waals surface area (Å²) in [6, 6.07) is 4.40. The van der Waals surface area contributed by atoms with Gasteiger partial charge in [0.25, 0.3) is 0 Å². The number of hydrogen-bond donors (Lipinski definition) is 3. The van der Waals surface area contributed by atoms with Crippen LogP contribution in [0.25, 0.3) is 0 Å². The van der Waals surface area contributed by atoms with Gasteiger partial charge in [0.15, 0.2) is 0 Å². The lowest BCUT2D eigenvalue weighted by Gasteiger charge is -2.15. The van der Waals surface area contributed by atoms with Crippen LogP contribution in [0.3, 0.4) is 0 Å². The Labute approximate surface area is 148 Å². The Morgan fingerprint density at radius 3 is 2.46 bits per heavy atom. The highest BCUT2D eigenvalue weighted by molar-refractivity contribution is 9.10. The van der Waals surface area contributed by atoms with Crippen molar-refractivity contribution >= 4 is 38.0 Å². The summed E-state index contributed by atoms with van der Waals surface area (Å²) in [4.78, 5) is 22.6. The molecule has 3 N–H and O–H groups in total. The number of carbonyl (C=O) groups is 2. The fourth-order valence-corrected chi connectivity index (χ4v) is 2.89. The molecule has 1 atom stereocenters. The van der Waals surface area contributed by atoms with Gasteiger partial charge in [-0.05, 0) is 30.7 Å². The number of carbonyl (C=O) groups excluding carboxylic acids is 1. The summed E-state index contributed by atoms with van der Waals surface area (Å²) >= 11 is 3.19. The zero-order chi connectivity index (χ0) is 18.2. The minimum Gasteiger partial charge on any atom is -0.480 e. The van der Waals surface area contributed by atoms with E-state index in [0.717, 1.165) is 6.42 Å². The van der Waals surface area contributed by atoms with Crippen molar-refractivity contribution in [1.82, 2.24) is 10.0 Å². The van der Waals surface area contributed by atoms with E-state index in [4.69, 9.17) is 9.84 Å². The molecule has 0 saturated heterocycles. The molecule has 134 valence electrons. The lowest BCUT2D eigenvalue weighted by molar-refractivity contribution is -0.139. The van der Waals surface area contributed by atoms with Crippen LogP contribution in [0.5, 0.6) is 0 Å². The predicted octanol–water partition coefficient (Wildman–Crippen LogP) is 1.71. The van der Waals surface area contributed by atoms with E-state index in [-0.39, 0.29) is 11.5 Å². The third-order valence-corrected chi connectivity index (χ3v) is 4.89. The molecule has 0 aromatic heterocycles. The lowest BCUT2D eigenvalue weighted by atomic mass is 10.3. The summed E-state index contributed by atoms with van der Waals surface area (Å²) in [5.74, 6) is -1.37. The van der Waals surface area contributed by atoms with Crippen molar-refractivity contribution in [2.75, 3.05) is 13.2 Å². The molecule has 1 aromatic rings. The molecule has 10 heteroatoms. The normalized spacial score (nSPS) is 12.4. The molecule has 0 spiro atoms. The highest BCUT2D eigenvalue weighted by Gasteiger charge is 2.24. The van der Waals surface area contributed by atoms with Crippen molar-refractivity contribution in [2.45, 2.75) is 30.7 Å². The quantitative estimate of drug-likeness (QED) is 0.520. The highest BCUT2D eigenvalue weighted by Crippen LogP contribution is 2.14. The van der Waals surface area contributed by atoms with E-state index in [1.165, 1.54) is 12.1 Å². The fraction of sp³-hybridized carbons (Fsp3) is 0.429. The molecule has 24 heavy (non-hydrogen) atoms. The van der Waals surface area contributed by atoms with Gasteiger partial charge in [0.1, 0.15) is 6.04 Å². The first-order valence-corrected chi connectivity index (χ1v) is 9.45. The number of rotatable bonds is 9. The maximum atomic E-state index is 12.1. The molecule has 0 radical (unpaired) electrons. The number of sulfonamides is 1. The van der Waals surface area contributed by atoms with Crippen LogP contribution < -0.4 is 10.0 Å². The lowest BCUT2D eigenvalue weighted by Crippen LogP contribution is -2.48. The molecule has 0 bridgehead atoms. The number of ether oxygens (including phenoxy) is 1. The van der Waals surface area contributed by atoms with E-state index in [1.807, 2.05) is 6.92 Å². The maximum absolute atomic E-state index is 12.1. The number of alkyl carbamates (subject to hydrolysis) is 1. The topological polar surface area (TPSA) is 122 Å². The molecule has 0 saturated carbocycles. The number of benzene rings is 1. The summed E-state index contributed by atoms with van der Waals surface area (Å²) in [6.07, 6.45) is 0.572. The Balaban J connectivity index is 2.64. The molecule has 1 aromatic carbocycles. The molecule has 0 aliphatic heterocycles. The van der Waals surface area contributed by atoms with Gasteiger partial charge in [0, 0.05) is 11.0 Å². The van der Waals surface area contributed by atoms with Crippen LogP contribution in [-0.2, 0) is 19.6 Å². The summed E-state index contributed by atoms with van der Waals surface area (Å²) in [6.45, 7) is 1.58. The largest absolute Gasteiger partial charge is 0.480 e. The van der Waals surface area contributed by atoms with Crippen LogP contribution in [0.4, 0.5) is 4.79 Å². The summed E-state index contributed by atoms with van der Waals surface area (Å²) in [7, 11) is -3.89. The van der Waals surface area contributed by atoms with Crippen molar-refractivity contribution in [1.29, 1.82) is 0 Å². The standard InChI is InChI=1S/C14H19BrN2O6S/c1-2-3-8-23-14(20)17-12(13(18)19)9-16-24(21,22)11-6-4-10(15)5-7-11/h4-7,12,16H,2-3,8-9H2,1H3,(H,17,20)(H,18,19). The first kappa shape index (κ1) is 20.4. The number of amides is 1. The van der Waals surface area contributed by atoms with Gasteiger partial charge in [0.05, 0.1) is 11.5 Å². The van der Waals surface area contributed by atoms with Gasteiger partial charge >= 0.3 is 12.1 Å². The summed E-state index contributed by atoms with van der Waals surface area (Å²) < 4.78 is 31.9. The number of carboxylic acids is 1. The average Bonchev–Trinajstić information content (AvgIpc) is 2.52. The van der Waals surface area contributed by atoms with Gasteiger partial charge in [-0.2, -0.15) is 0 Å². The number of carboxylic acid groups (broad SMARTS) is 1. The smallest absolute Gasteiger partial charge is 0.407 e. The molecule has 1 amide bonds. The Bertz CT molecular complexity index is 662. The summed E-state index contributed by atoms with van der Waals surface area (Å²) in [5.41, 5.74) is 0. The second kappa shape index (κ2) is 9.60. The molecule has 0 heterocycles. The molecular weight excluding hydrogens is 404 g/mol. The third-order valence-electron chi connectivity index (χ3n) is 2.92. The molecule has 8 nitrogen and oxygen atoms in total. The SMILES string of the molecule is CCCCOC(=O)NC(CNS(=O)(=O)c1ccc(Br)cc1)C(=O)O.